The van der Waals surface area contributed by atoms with E-state index in [9.17, 15) is 9.59 Å². The van der Waals surface area contributed by atoms with E-state index in [1.165, 1.54) is 5.56 Å². The van der Waals surface area contributed by atoms with Crippen molar-refractivity contribution in [2.24, 2.45) is 17.3 Å². The third kappa shape index (κ3) is 8.56. The summed E-state index contributed by atoms with van der Waals surface area (Å²) < 4.78 is 16.6. The summed E-state index contributed by atoms with van der Waals surface area (Å²) in [6.07, 6.45) is 2.98. The summed E-state index contributed by atoms with van der Waals surface area (Å²) in [6.45, 7) is 10.9. The average molecular weight is 455 g/mol. The SMILES string of the molecule is CCCc1ccc(C(=O)OCC(CCC(C)C)(COC(=O)Oc2ccccc2)C(C)C)cc1. The van der Waals surface area contributed by atoms with Gasteiger partial charge in [-0.3, -0.25) is 0 Å². The molecule has 0 saturated heterocycles. The van der Waals surface area contributed by atoms with Crippen LogP contribution in [0.4, 0.5) is 4.79 Å². The van der Waals surface area contributed by atoms with Gasteiger partial charge in [0.25, 0.3) is 0 Å². The number of para-hydroxylation sites is 1. The molecule has 2 aromatic rings. The van der Waals surface area contributed by atoms with Gasteiger partial charge in [0.2, 0.25) is 0 Å². The zero-order valence-electron chi connectivity index (χ0n) is 20.6. The second-order valence-corrected chi connectivity index (χ2v) is 9.43. The third-order valence-corrected chi connectivity index (χ3v) is 6.09. The summed E-state index contributed by atoms with van der Waals surface area (Å²) >= 11 is 0. The Hall–Kier alpha value is -2.82. The molecule has 5 heteroatoms. The molecule has 2 rings (SSSR count). The lowest BCUT2D eigenvalue weighted by Crippen LogP contribution is -2.40. The van der Waals surface area contributed by atoms with Gasteiger partial charge in [0.1, 0.15) is 19.0 Å². The van der Waals surface area contributed by atoms with Crippen LogP contribution < -0.4 is 4.74 Å². The minimum atomic E-state index is -0.756. The standard InChI is InChI=1S/C28H38O5/c1-6-10-23-13-15-24(16-14-23)26(29)31-19-28(22(4)5,18-17-21(2)3)20-32-27(30)33-25-11-8-7-9-12-25/h7-9,11-16,21-22H,6,10,17-20H2,1-5H3. The summed E-state index contributed by atoms with van der Waals surface area (Å²) in [7, 11) is 0. The van der Waals surface area contributed by atoms with Gasteiger partial charge < -0.3 is 14.2 Å². The largest absolute Gasteiger partial charge is 0.513 e. The molecule has 0 heterocycles. The molecule has 0 bridgehead atoms. The van der Waals surface area contributed by atoms with E-state index in [0.717, 1.165) is 25.7 Å². The summed E-state index contributed by atoms with van der Waals surface area (Å²) in [5.41, 5.74) is 1.23. The Kier molecular flexibility index (Phi) is 10.4. The molecule has 0 N–H and O–H groups in total. The van der Waals surface area contributed by atoms with Gasteiger partial charge >= 0.3 is 12.1 Å². The Labute approximate surface area is 198 Å². The lowest BCUT2D eigenvalue weighted by atomic mass is 9.74. The Bertz CT molecular complexity index is 858. The van der Waals surface area contributed by atoms with Crippen LogP contribution in [0.2, 0.25) is 0 Å². The van der Waals surface area contributed by atoms with E-state index in [2.05, 4.69) is 34.6 Å². The number of esters is 1. The van der Waals surface area contributed by atoms with Gasteiger partial charge in [-0.1, -0.05) is 77.8 Å². The fourth-order valence-corrected chi connectivity index (χ4v) is 3.59. The van der Waals surface area contributed by atoms with E-state index >= 15 is 0 Å². The fourth-order valence-electron chi connectivity index (χ4n) is 3.59. The first-order chi connectivity index (χ1) is 15.8. The molecule has 2 aromatic carbocycles. The van der Waals surface area contributed by atoms with Crippen LogP contribution in [0, 0.1) is 17.3 Å². The van der Waals surface area contributed by atoms with Crippen molar-refractivity contribution >= 4 is 12.1 Å². The normalized spacial score (nSPS) is 12.9. The molecule has 0 amide bonds. The van der Waals surface area contributed by atoms with Gasteiger partial charge in [-0.05, 0) is 54.5 Å². The number of carbonyl (C=O) groups excluding carboxylic acids is 2. The van der Waals surface area contributed by atoms with Crippen molar-refractivity contribution in [1.29, 1.82) is 0 Å². The first-order valence-electron chi connectivity index (χ1n) is 11.9. The predicted octanol–water partition coefficient (Wildman–Crippen LogP) is 7.09. The molecule has 5 nitrogen and oxygen atoms in total. The molecule has 0 radical (unpaired) electrons. The van der Waals surface area contributed by atoms with Crippen molar-refractivity contribution in [2.75, 3.05) is 13.2 Å². The molecular weight excluding hydrogens is 416 g/mol. The zero-order chi connectivity index (χ0) is 24.3. The molecule has 0 fully saturated rings. The maximum atomic E-state index is 12.7. The molecule has 0 aromatic heterocycles. The first-order valence-corrected chi connectivity index (χ1v) is 11.9. The number of carbonyl (C=O) groups is 2. The van der Waals surface area contributed by atoms with E-state index in [1.807, 2.05) is 30.3 Å². The number of hydrogen-bond acceptors (Lipinski definition) is 5. The van der Waals surface area contributed by atoms with Crippen molar-refractivity contribution in [1.82, 2.24) is 0 Å². The molecule has 0 aliphatic rings. The van der Waals surface area contributed by atoms with Crippen LogP contribution in [0.3, 0.4) is 0 Å². The van der Waals surface area contributed by atoms with Crippen LogP contribution in [0.25, 0.3) is 0 Å². The summed E-state index contributed by atoms with van der Waals surface area (Å²) in [5.74, 6) is 0.666. The van der Waals surface area contributed by atoms with Crippen LogP contribution >= 0.6 is 0 Å². The summed E-state index contributed by atoms with van der Waals surface area (Å²) in [4.78, 5) is 25.1. The van der Waals surface area contributed by atoms with Crippen molar-refractivity contribution in [3.8, 4) is 5.75 Å². The summed E-state index contributed by atoms with van der Waals surface area (Å²) in [5, 5.41) is 0. The highest BCUT2D eigenvalue weighted by Gasteiger charge is 2.37. The van der Waals surface area contributed by atoms with Gasteiger partial charge in [0, 0.05) is 5.41 Å². The predicted molar refractivity (Wildman–Crippen MR) is 130 cm³/mol. The molecule has 0 aliphatic carbocycles. The van der Waals surface area contributed by atoms with Crippen LogP contribution in [0.15, 0.2) is 54.6 Å². The second kappa shape index (κ2) is 13.0. The molecule has 180 valence electrons. The first kappa shape index (κ1) is 26.4. The number of hydrogen-bond donors (Lipinski definition) is 0. The van der Waals surface area contributed by atoms with E-state index in [-0.39, 0.29) is 25.1 Å². The van der Waals surface area contributed by atoms with Crippen LogP contribution in [-0.4, -0.2) is 25.3 Å². The molecule has 1 atom stereocenters. The van der Waals surface area contributed by atoms with Gasteiger partial charge in [-0.25, -0.2) is 9.59 Å². The Balaban J connectivity index is 2.07. The molecule has 0 aliphatic heterocycles. The number of rotatable bonds is 12. The van der Waals surface area contributed by atoms with Gasteiger partial charge in [-0.15, -0.1) is 0 Å². The van der Waals surface area contributed by atoms with Crippen LogP contribution in [0.5, 0.6) is 5.75 Å². The van der Waals surface area contributed by atoms with E-state index in [0.29, 0.717) is 17.2 Å². The zero-order valence-corrected chi connectivity index (χ0v) is 20.6. The molecule has 0 spiro atoms. The molecule has 0 saturated carbocycles. The van der Waals surface area contributed by atoms with Crippen molar-refractivity contribution < 1.29 is 23.8 Å². The second-order valence-electron chi connectivity index (χ2n) is 9.43. The smallest absolute Gasteiger partial charge is 0.461 e. The number of ether oxygens (including phenoxy) is 3. The van der Waals surface area contributed by atoms with Crippen LogP contribution in [-0.2, 0) is 15.9 Å². The minimum absolute atomic E-state index is 0.117. The molecule has 1 unspecified atom stereocenters. The monoisotopic (exact) mass is 454 g/mol. The van der Waals surface area contributed by atoms with Gasteiger partial charge in [0.15, 0.2) is 0 Å². The number of aryl methyl sites for hydroxylation is 1. The Morgan fingerprint density at radius 3 is 2.09 bits per heavy atom. The highest BCUT2D eigenvalue weighted by Crippen LogP contribution is 2.36. The Morgan fingerprint density at radius 1 is 0.879 bits per heavy atom. The number of benzene rings is 2. The van der Waals surface area contributed by atoms with Crippen molar-refractivity contribution in [3.05, 3.63) is 65.7 Å². The fraction of sp³-hybridized carbons (Fsp3) is 0.500. The highest BCUT2D eigenvalue weighted by atomic mass is 16.7. The van der Waals surface area contributed by atoms with Crippen molar-refractivity contribution in [3.63, 3.8) is 0 Å². The topological polar surface area (TPSA) is 61.8 Å². The quantitative estimate of drug-likeness (QED) is 0.253. The highest BCUT2D eigenvalue weighted by molar-refractivity contribution is 5.89. The lowest BCUT2D eigenvalue weighted by molar-refractivity contribution is -0.0299. The Morgan fingerprint density at radius 2 is 1.52 bits per heavy atom. The van der Waals surface area contributed by atoms with Gasteiger partial charge in [0.05, 0.1) is 5.56 Å². The maximum Gasteiger partial charge on any atom is 0.513 e. The van der Waals surface area contributed by atoms with E-state index in [4.69, 9.17) is 14.2 Å². The molecule has 33 heavy (non-hydrogen) atoms. The van der Waals surface area contributed by atoms with E-state index in [1.54, 1.807) is 24.3 Å². The van der Waals surface area contributed by atoms with E-state index < -0.39 is 11.6 Å². The third-order valence-electron chi connectivity index (χ3n) is 6.09. The van der Waals surface area contributed by atoms with Crippen molar-refractivity contribution in [2.45, 2.75) is 60.3 Å². The lowest BCUT2D eigenvalue weighted by Gasteiger charge is -2.37. The maximum absolute atomic E-state index is 12.7. The van der Waals surface area contributed by atoms with Crippen LogP contribution in [0.1, 0.15) is 69.8 Å². The average Bonchev–Trinajstić information content (AvgIpc) is 2.79. The summed E-state index contributed by atoms with van der Waals surface area (Å²) in [6, 6.07) is 16.4. The minimum Gasteiger partial charge on any atom is -0.461 e. The van der Waals surface area contributed by atoms with Gasteiger partial charge in [-0.2, -0.15) is 0 Å². The molecular formula is C28H38O5.